The summed E-state index contributed by atoms with van der Waals surface area (Å²) in [6, 6.07) is 5.50. The monoisotopic (exact) mass is 216 g/mol. The number of rotatable bonds is 2. The van der Waals surface area contributed by atoms with Crippen LogP contribution in [0.5, 0.6) is 5.88 Å². The van der Waals surface area contributed by atoms with Crippen LogP contribution in [0.3, 0.4) is 0 Å². The first-order valence-corrected chi connectivity index (χ1v) is 5.91. The predicted molar refractivity (Wildman–Crippen MR) is 61.1 cm³/mol. The quantitative estimate of drug-likeness (QED) is 0.714. The van der Waals surface area contributed by atoms with Crippen molar-refractivity contribution in [2.45, 2.75) is 44.6 Å². The summed E-state index contributed by atoms with van der Waals surface area (Å²) < 4.78 is 5.82. The highest BCUT2D eigenvalue weighted by Crippen LogP contribution is 2.21. The second-order valence-electron chi connectivity index (χ2n) is 4.23. The molecule has 16 heavy (non-hydrogen) atoms. The van der Waals surface area contributed by atoms with E-state index in [0.29, 0.717) is 11.4 Å². The molecule has 1 saturated carbocycles. The number of hydrogen-bond acceptors (Lipinski definition) is 3. The Labute approximate surface area is 96.1 Å². The van der Waals surface area contributed by atoms with Crippen LogP contribution >= 0.6 is 0 Å². The Morgan fingerprint density at radius 1 is 1.25 bits per heavy atom. The van der Waals surface area contributed by atoms with Gasteiger partial charge in [-0.25, -0.2) is 4.98 Å². The molecule has 2 rings (SSSR count). The van der Waals surface area contributed by atoms with Gasteiger partial charge in [-0.1, -0.05) is 12.8 Å². The van der Waals surface area contributed by atoms with Gasteiger partial charge in [-0.3, -0.25) is 0 Å². The van der Waals surface area contributed by atoms with E-state index in [0.717, 1.165) is 12.8 Å². The Balaban J connectivity index is 1.99. The van der Waals surface area contributed by atoms with Gasteiger partial charge < -0.3 is 4.74 Å². The van der Waals surface area contributed by atoms with E-state index in [1.807, 2.05) is 0 Å². The van der Waals surface area contributed by atoms with Gasteiger partial charge in [0.1, 0.15) is 6.10 Å². The maximum absolute atomic E-state index is 8.78. The molecule has 1 heterocycles. The molecule has 0 radical (unpaired) electrons. The zero-order valence-corrected chi connectivity index (χ0v) is 9.35. The Morgan fingerprint density at radius 2 is 2.00 bits per heavy atom. The second kappa shape index (κ2) is 5.50. The predicted octanol–water partition coefficient (Wildman–Crippen LogP) is 3.05. The smallest absolute Gasteiger partial charge is 0.214 e. The summed E-state index contributed by atoms with van der Waals surface area (Å²) in [4.78, 5) is 4.14. The van der Waals surface area contributed by atoms with E-state index < -0.39 is 0 Å². The van der Waals surface area contributed by atoms with Gasteiger partial charge in [-0.2, -0.15) is 5.26 Å². The Kier molecular flexibility index (Phi) is 3.76. The van der Waals surface area contributed by atoms with Crippen LogP contribution in [0.1, 0.15) is 44.1 Å². The molecule has 84 valence electrons. The van der Waals surface area contributed by atoms with Gasteiger partial charge in [0.15, 0.2) is 0 Å². The first-order valence-electron chi connectivity index (χ1n) is 5.91. The molecule has 1 aliphatic rings. The van der Waals surface area contributed by atoms with Crippen LogP contribution in [0.4, 0.5) is 0 Å². The fourth-order valence-corrected chi connectivity index (χ4v) is 2.07. The second-order valence-corrected chi connectivity index (χ2v) is 4.23. The highest BCUT2D eigenvalue weighted by molar-refractivity contribution is 5.31. The lowest BCUT2D eigenvalue weighted by molar-refractivity contribution is 0.176. The molecule has 0 unspecified atom stereocenters. The normalized spacial score (nSPS) is 17.4. The number of hydrogen-bond donors (Lipinski definition) is 0. The van der Waals surface area contributed by atoms with Gasteiger partial charge in [0.25, 0.3) is 0 Å². The van der Waals surface area contributed by atoms with E-state index in [4.69, 9.17) is 10.00 Å². The molecule has 3 heteroatoms. The van der Waals surface area contributed by atoms with Crippen molar-refractivity contribution < 1.29 is 4.74 Å². The summed E-state index contributed by atoms with van der Waals surface area (Å²) in [6.07, 6.45) is 9.23. The lowest BCUT2D eigenvalue weighted by Crippen LogP contribution is -2.15. The number of pyridine rings is 1. The van der Waals surface area contributed by atoms with Crippen LogP contribution in [-0.2, 0) is 0 Å². The number of aromatic nitrogens is 1. The van der Waals surface area contributed by atoms with Gasteiger partial charge in [0.05, 0.1) is 11.6 Å². The van der Waals surface area contributed by atoms with Crippen molar-refractivity contribution in [3.8, 4) is 11.9 Å². The molecular formula is C13H16N2O. The van der Waals surface area contributed by atoms with Crippen molar-refractivity contribution in [3.05, 3.63) is 23.9 Å². The molecule has 1 aromatic rings. The number of ether oxygens (including phenoxy) is 1. The molecule has 0 saturated heterocycles. The van der Waals surface area contributed by atoms with E-state index in [2.05, 4.69) is 11.1 Å². The van der Waals surface area contributed by atoms with Gasteiger partial charge in [0, 0.05) is 12.3 Å². The van der Waals surface area contributed by atoms with Crippen LogP contribution in [-0.4, -0.2) is 11.1 Å². The number of nitrogens with zero attached hydrogens (tertiary/aromatic N) is 2. The molecule has 1 aromatic heterocycles. The summed E-state index contributed by atoms with van der Waals surface area (Å²) in [5, 5.41) is 8.78. The van der Waals surface area contributed by atoms with Gasteiger partial charge >= 0.3 is 0 Å². The average Bonchev–Trinajstić information content (AvgIpc) is 2.58. The van der Waals surface area contributed by atoms with Crippen molar-refractivity contribution in [1.29, 1.82) is 5.26 Å². The summed E-state index contributed by atoms with van der Waals surface area (Å²) in [5.74, 6) is 0.589. The molecule has 0 atom stereocenters. The molecule has 0 amide bonds. The Bertz CT molecular complexity index is 376. The van der Waals surface area contributed by atoms with E-state index in [1.165, 1.54) is 25.7 Å². The van der Waals surface area contributed by atoms with Crippen molar-refractivity contribution in [3.63, 3.8) is 0 Å². The molecular weight excluding hydrogens is 200 g/mol. The van der Waals surface area contributed by atoms with E-state index >= 15 is 0 Å². The minimum absolute atomic E-state index is 0.281. The van der Waals surface area contributed by atoms with Crippen molar-refractivity contribution in [1.82, 2.24) is 4.98 Å². The molecule has 3 nitrogen and oxygen atoms in total. The van der Waals surface area contributed by atoms with Gasteiger partial charge in [-0.05, 0) is 31.7 Å². The minimum atomic E-state index is 0.281. The van der Waals surface area contributed by atoms with Gasteiger partial charge in [-0.15, -0.1) is 0 Å². The lowest BCUT2D eigenvalue weighted by atomic mass is 10.1. The van der Waals surface area contributed by atoms with E-state index in [9.17, 15) is 0 Å². The molecule has 1 fully saturated rings. The summed E-state index contributed by atoms with van der Waals surface area (Å²) in [5.41, 5.74) is 0.610. The molecule has 0 bridgehead atoms. The Morgan fingerprint density at radius 3 is 2.69 bits per heavy atom. The van der Waals surface area contributed by atoms with E-state index in [-0.39, 0.29) is 6.10 Å². The third-order valence-electron chi connectivity index (χ3n) is 2.95. The van der Waals surface area contributed by atoms with Crippen molar-refractivity contribution >= 4 is 0 Å². The average molecular weight is 216 g/mol. The zero-order valence-electron chi connectivity index (χ0n) is 9.35. The van der Waals surface area contributed by atoms with Crippen LogP contribution < -0.4 is 4.74 Å². The topological polar surface area (TPSA) is 45.9 Å². The first-order chi connectivity index (χ1) is 7.88. The third-order valence-corrected chi connectivity index (χ3v) is 2.95. The largest absolute Gasteiger partial charge is 0.474 e. The fraction of sp³-hybridized carbons (Fsp3) is 0.538. The zero-order chi connectivity index (χ0) is 11.2. The SMILES string of the molecule is N#Cc1ccnc(OC2CCCCCC2)c1. The van der Waals surface area contributed by atoms with Crippen LogP contribution in [0, 0.1) is 11.3 Å². The van der Waals surface area contributed by atoms with Crippen LogP contribution in [0.15, 0.2) is 18.3 Å². The summed E-state index contributed by atoms with van der Waals surface area (Å²) in [7, 11) is 0. The van der Waals surface area contributed by atoms with Crippen LogP contribution in [0.25, 0.3) is 0 Å². The minimum Gasteiger partial charge on any atom is -0.474 e. The Hall–Kier alpha value is -1.56. The van der Waals surface area contributed by atoms with Crippen LogP contribution in [0.2, 0.25) is 0 Å². The maximum atomic E-state index is 8.78. The fourth-order valence-electron chi connectivity index (χ4n) is 2.07. The summed E-state index contributed by atoms with van der Waals surface area (Å²) in [6.45, 7) is 0. The van der Waals surface area contributed by atoms with E-state index in [1.54, 1.807) is 18.3 Å². The molecule has 0 spiro atoms. The third kappa shape index (κ3) is 2.96. The molecule has 0 N–H and O–H groups in total. The van der Waals surface area contributed by atoms with Crippen molar-refractivity contribution in [2.24, 2.45) is 0 Å². The number of nitriles is 1. The lowest BCUT2D eigenvalue weighted by Gasteiger charge is -2.15. The van der Waals surface area contributed by atoms with Crippen molar-refractivity contribution in [2.75, 3.05) is 0 Å². The molecule has 0 aliphatic heterocycles. The standard InChI is InChI=1S/C13H16N2O/c14-10-11-7-8-15-13(9-11)16-12-5-3-1-2-4-6-12/h7-9,12H,1-6H2. The summed E-state index contributed by atoms with van der Waals surface area (Å²) >= 11 is 0. The molecule has 0 aromatic carbocycles. The highest BCUT2D eigenvalue weighted by Gasteiger charge is 2.14. The van der Waals surface area contributed by atoms with Gasteiger partial charge in [0.2, 0.25) is 5.88 Å². The molecule has 1 aliphatic carbocycles. The highest BCUT2D eigenvalue weighted by atomic mass is 16.5. The first kappa shape index (κ1) is 10.9. The maximum Gasteiger partial charge on any atom is 0.214 e.